The van der Waals surface area contributed by atoms with Crippen LogP contribution >= 0.6 is 0 Å². The van der Waals surface area contributed by atoms with Gasteiger partial charge in [0.2, 0.25) is 0 Å². The highest BCUT2D eigenvalue weighted by Crippen LogP contribution is 2.20. The molecule has 0 spiro atoms. The van der Waals surface area contributed by atoms with Crippen LogP contribution < -0.4 is 14.8 Å². The fourth-order valence-corrected chi connectivity index (χ4v) is 2.38. The Kier molecular flexibility index (Phi) is 6.78. The van der Waals surface area contributed by atoms with Crippen molar-refractivity contribution in [3.63, 3.8) is 0 Å². The second-order valence-electron chi connectivity index (χ2n) is 6.02. The van der Waals surface area contributed by atoms with Gasteiger partial charge in [0.05, 0.1) is 6.61 Å². The summed E-state index contributed by atoms with van der Waals surface area (Å²) < 4.78 is 11.2. The van der Waals surface area contributed by atoms with Gasteiger partial charge in [0.1, 0.15) is 11.5 Å². The first-order chi connectivity index (χ1) is 13.7. The minimum atomic E-state index is -0.181. The number of carbonyl (C=O) groups excluding carboxylic acids is 1. The monoisotopic (exact) mass is 378 g/mol. The van der Waals surface area contributed by atoms with Gasteiger partial charge in [0.15, 0.2) is 0 Å². The zero-order chi connectivity index (χ0) is 19.6. The van der Waals surface area contributed by atoms with E-state index in [0.717, 1.165) is 12.2 Å². The molecular weight excluding hydrogens is 356 g/mol. The molecule has 0 saturated heterocycles. The predicted octanol–water partition coefficient (Wildman–Crippen LogP) is 4.20. The first-order valence-electron chi connectivity index (χ1n) is 8.95. The quantitative estimate of drug-likeness (QED) is 0.595. The fourth-order valence-electron chi connectivity index (χ4n) is 2.38. The van der Waals surface area contributed by atoms with E-state index in [1.54, 1.807) is 54.7 Å². The van der Waals surface area contributed by atoms with Crippen molar-refractivity contribution in [1.29, 1.82) is 0 Å². The number of benzene rings is 2. The third-order valence-corrected chi connectivity index (χ3v) is 3.85. The zero-order valence-corrected chi connectivity index (χ0v) is 15.6. The summed E-state index contributed by atoms with van der Waals surface area (Å²) >= 11 is 0. The Hall–Kier alpha value is -3.61. The molecule has 1 aromatic heterocycles. The van der Waals surface area contributed by atoms with E-state index in [9.17, 15) is 4.79 Å². The van der Waals surface area contributed by atoms with Crippen molar-refractivity contribution in [2.75, 3.05) is 25.5 Å². The van der Waals surface area contributed by atoms with Crippen LogP contribution in [-0.4, -0.2) is 41.1 Å². The number of ether oxygens (including phenoxy) is 2. The molecule has 0 radical (unpaired) electrons. The number of nitrogens with zero attached hydrogens (tertiary/aromatic N) is 3. The van der Waals surface area contributed by atoms with Crippen LogP contribution in [0.25, 0.3) is 0 Å². The van der Waals surface area contributed by atoms with Crippen molar-refractivity contribution in [3.8, 4) is 17.5 Å². The lowest BCUT2D eigenvalue weighted by atomic mass is 10.3. The van der Waals surface area contributed by atoms with Crippen molar-refractivity contribution in [3.05, 3.63) is 73.1 Å². The van der Waals surface area contributed by atoms with Crippen LogP contribution in [-0.2, 0) is 0 Å². The van der Waals surface area contributed by atoms with Crippen molar-refractivity contribution in [2.45, 2.75) is 6.42 Å². The summed E-state index contributed by atoms with van der Waals surface area (Å²) in [7, 11) is 1.75. The van der Waals surface area contributed by atoms with Gasteiger partial charge in [-0.1, -0.05) is 18.2 Å². The highest BCUT2D eigenvalue weighted by atomic mass is 16.5. The average molecular weight is 378 g/mol. The Morgan fingerprint density at radius 3 is 2.39 bits per heavy atom. The Bertz CT molecular complexity index is 858. The standard InChI is InChI=1S/C21H22N4O3/c1-25(15-6-16-27-18-7-3-2-4-8-18)21(26)24-17-9-11-19(12-10-17)28-20-22-13-5-14-23-20/h2-5,7-14H,6,15-16H2,1H3,(H,24,26). The third kappa shape index (κ3) is 5.98. The van der Waals surface area contributed by atoms with Crippen LogP contribution in [0.2, 0.25) is 0 Å². The molecule has 7 nitrogen and oxygen atoms in total. The Balaban J connectivity index is 1.40. The molecule has 0 aliphatic carbocycles. The van der Waals surface area contributed by atoms with E-state index in [2.05, 4.69) is 15.3 Å². The van der Waals surface area contributed by atoms with E-state index in [0.29, 0.717) is 24.6 Å². The molecule has 144 valence electrons. The molecule has 3 aromatic rings. The Morgan fingerprint density at radius 1 is 0.964 bits per heavy atom. The van der Waals surface area contributed by atoms with Gasteiger partial charge in [-0.15, -0.1) is 0 Å². The SMILES string of the molecule is CN(CCCOc1ccccc1)C(=O)Nc1ccc(Oc2ncccn2)cc1. The third-order valence-electron chi connectivity index (χ3n) is 3.85. The maximum absolute atomic E-state index is 12.3. The van der Waals surface area contributed by atoms with E-state index in [1.807, 2.05) is 30.3 Å². The molecule has 1 heterocycles. The molecule has 0 aliphatic heterocycles. The van der Waals surface area contributed by atoms with E-state index < -0.39 is 0 Å². The van der Waals surface area contributed by atoms with Crippen molar-refractivity contribution in [1.82, 2.24) is 14.9 Å². The molecule has 2 amide bonds. The van der Waals surface area contributed by atoms with Crippen molar-refractivity contribution >= 4 is 11.7 Å². The number of carbonyl (C=O) groups is 1. The second-order valence-corrected chi connectivity index (χ2v) is 6.02. The summed E-state index contributed by atoms with van der Waals surface area (Å²) in [5.41, 5.74) is 0.679. The van der Waals surface area contributed by atoms with Crippen LogP contribution in [0.3, 0.4) is 0 Å². The predicted molar refractivity (Wildman–Crippen MR) is 107 cm³/mol. The number of nitrogens with one attached hydrogen (secondary N) is 1. The smallest absolute Gasteiger partial charge is 0.321 e. The van der Waals surface area contributed by atoms with Crippen molar-refractivity contribution in [2.24, 2.45) is 0 Å². The van der Waals surface area contributed by atoms with E-state index >= 15 is 0 Å². The summed E-state index contributed by atoms with van der Waals surface area (Å²) in [6.45, 7) is 1.14. The normalized spacial score (nSPS) is 10.2. The van der Waals surface area contributed by atoms with E-state index in [1.165, 1.54) is 0 Å². The van der Waals surface area contributed by atoms with Crippen LogP contribution in [0.1, 0.15) is 6.42 Å². The van der Waals surface area contributed by atoms with Gasteiger partial charge in [0.25, 0.3) is 0 Å². The maximum atomic E-state index is 12.3. The van der Waals surface area contributed by atoms with Gasteiger partial charge < -0.3 is 19.7 Å². The molecule has 1 N–H and O–H groups in total. The molecule has 0 unspecified atom stereocenters. The van der Waals surface area contributed by atoms with Crippen LogP contribution in [0, 0.1) is 0 Å². The minimum Gasteiger partial charge on any atom is -0.494 e. The lowest BCUT2D eigenvalue weighted by Gasteiger charge is -2.18. The number of para-hydroxylation sites is 1. The number of hydrogen-bond acceptors (Lipinski definition) is 5. The van der Waals surface area contributed by atoms with Gasteiger partial charge >= 0.3 is 12.0 Å². The number of urea groups is 1. The summed E-state index contributed by atoms with van der Waals surface area (Å²) in [6.07, 6.45) is 3.96. The number of amides is 2. The molecule has 0 atom stereocenters. The van der Waals surface area contributed by atoms with Gasteiger partial charge in [0, 0.05) is 31.7 Å². The first kappa shape index (κ1) is 19.2. The molecule has 7 heteroatoms. The van der Waals surface area contributed by atoms with Crippen LogP contribution in [0.15, 0.2) is 73.1 Å². The van der Waals surface area contributed by atoms with Gasteiger partial charge in [-0.2, -0.15) is 0 Å². The fraction of sp³-hybridized carbons (Fsp3) is 0.190. The average Bonchev–Trinajstić information content (AvgIpc) is 2.74. The number of aromatic nitrogens is 2. The van der Waals surface area contributed by atoms with Gasteiger partial charge in [-0.3, -0.25) is 0 Å². The largest absolute Gasteiger partial charge is 0.494 e. The van der Waals surface area contributed by atoms with Crippen molar-refractivity contribution < 1.29 is 14.3 Å². The molecular formula is C21H22N4O3. The summed E-state index contributed by atoms with van der Waals surface area (Å²) in [6, 6.07) is 18.5. The van der Waals surface area contributed by atoms with Crippen LogP contribution in [0.4, 0.5) is 10.5 Å². The summed E-state index contributed by atoms with van der Waals surface area (Å²) in [5.74, 6) is 1.42. The molecule has 28 heavy (non-hydrogen) atoms. The van der Waals surface area contributed by atoms with Gasteiger partial charge in [-0.25, -0.2) is 14.8 Å². The lowest BCUT2D eigenvalue weighted by molar-refractivity contribution is 0.216. The van der Waals surface area contributed by atoms with Gasteiger partial charge in [-0.05, 0) is 48.9 Å². The Labute approximate surface area is 164 Å². The van der Waals surface area contributed by atoms with Crippen LogP contribution in [0.5, 0.6) is 17.5 Å². The number of rotatable bonds is 8. The highest BCUT2D eigenvalue weighted by molar-refractivity contribution is 5.89. The van der Waals surface area contributed by atoms with E-state index in [-0.39, 0.29) is 12.0 Å². The molecule has 0 aliphatic rings. The second kappa shape index (κ2) is 9.91. The topological polar surface area (TPSA) is 76.6 Å². The number of anilines is 1. The first-order valence-corrected chi connectivity index (χ1v) is 8.95. The minimum absolute atomic E-state index is 0.181. The molecule has 0 bridgehead atoms. The maximum Gasteiger partial charge on any atom is 0.321 e. The zero-order valence-electron chi connectivity index (χ0n) is 15.6. The Morgan fingerprint density at radius 2 is 1.68 bits per heavy atom. The van der Waals surface area contributed by atoms with E-state index in [4.69, 9.17) is 9.47 Å². The molecule has 2 aromatic carbocycles. The lowest BCUT2D eigenvalue weighted by Crippen LogP contribution is -2.32. The number of hydrogen-bond donors (Lipinski definition) is 1. The molecule has 3 rings (SSSR count). The highest BCUT2D eigenvalue weighted by Gasteiger charge is 2.09. The summed E-state index contributed by atoms with van der Waals surface area (Å²) in [4.78, 5) is 21.9. The summed E-state index contributed by atoms with van der Waals surface area (Å²) in [5, 5.41) is 2.85. The molecule has 0 saturated carbocycles. The molecule has 0 fully saturated rings.